The van der Waals surface area contributed by atoms with Crippen molar-refractivity contribution in [2.75, 3.05) is 20.3 Å². The molecule has 1 fully saturated rings. The van der Waals surface area contributed by atoms with E-state index in [4.69, 9.17) is 4.74 Å². The number of aliphatic hydroxyl groups is 1. The predicted molar refractivity (Wildman–Crippen MR) is 57.7 cm³/mol. The van der Waals surface area contributed by atoms with Crippen molar-refractivity contribution in [2.24, 2.45) is 5.92 Å². The lowest BCUT2D eigenvalue weighted by atomic mass is 9.84. The van der Waals surface area contributed by atoms with Crippen LogP contribution >= 0.6 is 0 Å². The Balaban J connectivity index is 2.43. The van der Waals surface area contributed by atoms with Crippen LogP contribution < -0.4 is 5.32 Å². The average molecular weight is 255 g/mol. The van der Waals surface area contributed by atoms with Crippen molar-refractivity contribution in [1.82, 2.24) is 5.32 Å². The van der Waals surface area contributed by atoms with Gasteiger partial charge in [0.2, 0.25) is 0 Å². The Morgan fingerprint density at radius 2 is 2.00 bits per heavy atom. The van der Waals surface area contributed by atoms with Crippen molar-refractivity contribution in [3.8, 4) is 0 Å². The van der Waals surface area contributed by atoms with Crippen LogP contribution in [0.3, 0.4) is 0 Å². The van der Waals surface area contributed by atoms with Gasteiger partial charge in [0.25, 0.3) is 0 Å². The molecule has 0 aliphatic heterocycles. The highest BCUT2D eigenvalue weighted by molar-refractivity contribution is 4.86. The third-order valence-electron chi connectivity index (χ3n) is 3.16. The van der Waals surface area contributed by atoms with Crippen LogP contribution in [-0.4, -0.2) is 43.7 Å². The number of hydrogen-bond donors (Lipinski definition) is 2. The van der Waals surface area contributed by atoms with Crippen molar-refractivity contribution >= 4 is 0 Å². The smallest absolute Gasteiger partial charge is 0.389 e. The number of halogens is 3. The minimum absolute atomic E-state index is 0.135. The highest BCUT2D eigenvalue weighted by Crippen LogP contribution is 2.37. The van der Waals surface area contributed by atoms with Gasteiger partial charge < -0.3 is 15.2 Å². The molecule has 3 atom stereocenters. The molecule has 0 amide bonds. The summed E-state index contributed by atoms with van der Waals surface area (Å²) in [6.07, 6.45) is -2.76. The summed E-state index contributed by atoms with van der Waals surface area (Å²) in [6, 6.07) is -0.574. The molecule has 0 aromatic rings. The summed E-state index contributed by atoms with van der Waals surface area (Å²) in [4.78, 5) is 0. The van der Waals surface area contributed by atoms with E-state index in [1.54, 1.807) is 0 Å². The maximum Gasteiger partial charge on any atom is 0.393 e. The molecule has 1 aliphatic carbocycles. The Kier molecular flexibility index (Phi) is 5.69. The lowest BCUT2D eigenvalue weighted by Gasteiger charge is -2.34. The summed E-state index contributed by atoms with van der Waals surface area (Å²) in [7, 11) is 1.45. The fourth-order valence-corrected chi connectivity index (χ4v) is 2.31. The van der Waals surface area contributed by atoms with Gasteiger partial charge in [-0.3, -0.25) is 0 Å². The topological polar surface area (TPSA) is 41.5 Å². The molecule has 17 heavy (non-hydrogen) atoms. The van der Waals surface area contributed by atoms with Crippen LogP contribution in [0.5, 0.6) is 0 Å². The molecule has 0 radical (unpaired) electrons. The summed E-state index contributed by atoms with van der Waals surface area (Å²) < 4.78 is 42.9. The number of ether oxygens (including phenoxy) is 1. The van der Waals surface area contributed by atoms with E-state index in [2.05, 4.69) is 5.32 Å². The second-order valence-electron chi connectivity index (χ2n) is 4.56. The molecule has 0 spiro atoms. The minimum Gasteiger partial charge on any atom is -0.389 e. The monoisotopic (exact) mass is 255 g/mol. The fraction of sp³-hybridized carbons (Fsp3) is 1.00. The molecular weight excluding hydrogens is 235 g/mol. The molecular formula is C11H20F3NO2. The van der Waals surface area contributed by atoms with E-state index in [9.17, 15) is 18.3 Å². The van der Waals surface area contributed by atoms with E-state index in [0.717, 1.165) is 6.42 Å². The first-order valence-electron chi connectivity index (χ1n) is 5.92. The van der Waals surface area contributed by atoms with Crippen molar-refractivity contribution in [1.29, 1.82) is 0 Å². The van der Waals surface area contributed by atoms with Crippen LogP contribution in [0, 0.1) is 5.92 Å². The third kappa shape index (κ3) is 4.81. The number of methoxy groups -OCH3 is 1. The second kappa shape index (κ2) is 6.56. The molecule has 2 N–H and O–H groups in total. The van der Waals surface area contributed by atoms with E-state index in [-0.39, 0.29) is 19.6 Å². The van der Waals surface area contributed by atoms with Crippen molar-refractivity contribution < 1.29 is 23.0 Å². The molecule has 3 nitrogen and oxygen atoms in total. The van der Waals surface area contributed by atoms with Gasteiger partial charge >= 0.3 is 6.18 Å². The normalized spacial score (nSPS) is 28.1. The zero-order valence-electron chi connectivity index (χ0n) is 9.96. The number of nitrogens with one attached hydrogen (secondary N) is 1. The Morgan fingerprint density at radius 1 is 1.35 bits per heavy atom. The first-order chi connectivity index (χ1) is 7.95. The molecule has 1 aliphatic rings. The van der Waals surface area contributed by atoms with Gasteiger partial charge in [0.15, 0.2) is 0 Å². The maximum absolute atomic E-state index is 12.7. The maximum atomic E-state index is 12.7. The van der Waals surface area contributed by atoms with Gasteiger partial charge in [-0.15, -0.1) is 0 Å². The van der Waals surface area contributed by atoms with Crippen LogP contribution in [-0.2, 0) is 4.74 Å². The highest BCUT2D eigenvalue weighted by Gasteiger charge is 2.45. The van der Waals surface area contributed by atoms with E-state index < -0.39 is 24.2 Å². The third-order valence-corrected chi connectivity index (χ3v) is 3.16. The first kappa shape index (κ1) is 14.7. The van der Waals surface area contributed by atoms with Gasteiger partial charge in [0, 0.05) is 19.7 Å². The SMILES string of the molecule is COCC(O)CNC1CCCCC1C(F)(F)F. The molecule has 3 unspecified atom stereocenters. The summed E-state index contributed by atoms with van der Waals surface area (Å²) in [6.45, 7) is 0.279. The summed E-state index contributed by atoms with van der Waals surface area (Å²) in [5, 5.41) is 12.2. The van der Waals surface area contributed by atoms with E-state index in [1.165, 1.54) is 7.11 Å². The molecule has 102 valence electrons. The van der Waals surface area contributed by atoms with E-state index in [0.29, 0.717) is 12.8 Å². The van der Waals surface area contributed by atoms with Crippen LogP contribution in [0.25, 0.3) is 0 Å². The number of hydrogen-bond acceptors (Lipinski definition) is 3. The van der Waals surface area contributed by atoms with Crippen LogP contribution in [0.15, 0.2) is 0 Å². The van der Waals surface area contributed by atoms with Gasteiger partial charge in [-0.2, -0.15) is 13.2 Å². The highest BCUT2D eigenvalue weighted by atomic mass is 19.4. The standard InChI is InChI=1S/C11H20F3NO2/c1-17-7-8(16)6-15-10-5-3-2-4-9(10)11(12,13)14/h8-10,15-16H,2-7H2,1H3. The van der Waals surface area contributed by atoms with E-state index >= 15 is 0 Å². The fourth-order valence-electron chi connectivity index (χ4n) is 2.31. The average Bonchev–Trinajstić information content (AvgIpc) is 2.26. The quantitative estimate of drug-likeness (QED) is 0.785. The molecule has 0 aromatic carbocycles. The molecule has 6 heteroatoms. The Morgan fingerprint density at radius 3 is 2.59 bits per heavy atom. The summed E-state index contributed by atoms with van der Waals surface area (Å²) >= 11 is 0. The second-order valence-corrected chi connectivity index (χ2v) is 4.56. The molecule has 1 saturated carbocycles. The van der Waals surface area contributed by atoms with Gasteiger partial charge in [-0.25, -0.2) is 0 Å². The first-order valence-corrected chi connectivity index (χ1v) is 5.92. The van der Waals surface area contributed by atoms with Crippen molar-refractivity contribution in [2.45, 2.75) is 44.0 Å². The zero-order valence-corrected chi connectivity index (χ0v) is 9.96. The van der Waals surface area contributed by atoms with Crippen LogP contribution in [0.1, 0.15) is 25.7 Å². The van der Waals surface area contributed by atoms with E-state index in [1.807, 2.05) is 0 Å². The van der Waals surface area contributed by atoms with Crippen LogP contribution in [0.4, 0.5) is 13.2 Å². The van der Waals surface area contributed by atoms with Gasteiger partial charge in [-0.1, -0.05) is 12.8 Å². The zero-order chi connectivity index (χ0) is 12.9. The van der Waals surface area contributed by atoms with Gasteiger partial charge in [-0.05, 0) is 12.8 Å². The molecule has 0 bridgehead atoms. The Bertz CT molecular complexity index is 223. The number of rotatable bonds is 5. The molecule has 0 aromatic heterocycles. The lowest BCUT2D eigenvalue weighted by molar-refractivity contribution is -0.189. The Hall–Kier alpha value is -0.330. The molecule has 1 rings (SSSR count). The number of alkyl halides is 3. The predicted octanol–water partition coefficient (Wildman–Crippen LogP) is 1.70. The summed E-state index contributed by atoms with van der Waals surface area (Å²) in [5.41, 5.74) is 0. The van der Waals surface area contributed by atoms with Gasteiger partial charge in [0.05, 0.1) is 18.6 Å². The largest absolute Gasteiger partial charge is 0.393 e. The van der Waals surface area contributed by atoms with Gasteiger partial charge in [0.1, 0.15) is 0 Å². The lowest BCUT2D eigenvalue weighted by Crippen LogP contribution is -2.48. The van der Waals surface area contributed by atoms with Crippen LogP contribution in [0.2, 0.25) is 0 Å². The molecule has 0 saturated heterocycles. The summed E-state index contributed by atoms with van der Waals surface area (Å²) in [5.74, 6) is -1.29. The van der Waals surface area contributed by atoms with Crippen molar-refractivity contribution in [3.05, 3.63) is 0 Å². The number of aliphatic hydroxyl groups excluding tert-OH is 1. The molecule has 0 heterocycles. The minimum atomic E-state index is -4.15. The Labute approximate surface area is 99.3 Å². The van der Waals surface area contributed by atoms with Crippen molar-refractivity contribution in [3.63, 3.8) is 0 Å².